The van der Waals surface area contributed by atoms with Gasteiger partial charge < -0.3 is 14.6 Å². The molecule has 0 aliphatic carbocycles. The molecule has 2 aromatic heterocycles. The number of hydrogen-bond donors (Lipinski definition) is 1. The fourth-order valence-electron chi connectivity index (χ4n) is 2.38. The standard InChI is InChI=1S/C20H20N2O3S/c1-20(2,23)10-8-16-14-9-13-26-19(14)18(22-21-16)15-6-4-5-7-17(15)25-12-11-24-3/h4-7,9,13,23H,11-12H2,1-3H3. The van der Waals surface area contributed by atoms with Crippen LogP contribution in [-0.4, -0.2) is 41.2 Å². The van der Waals surface area contributed by atoms with E-state index in [0.717, 1.165) is 27.1 Å². The third-order valence-electron chi connectivity index (χ3n) is 3.56. The second kappa shape index (κ2) is 7.83. The Morgan fingerprint density at radius 2 is 1.96 bits per heavy atom. The molecule has 0 atom stereocenters. The van der Waals surface area contributed by atoms with E-state index in [2.05, 4.69) is 22.0 Å². The first-order valence-corrected chi connectivity index (χ1v) is 9.08. The average molecular weight is 368 g/mol. The molecule has 0 saturated heterocycles. The zero-order valence-corrected chi connectivity index (χ0v) is 15.8. The monoisotopic (exact) mass is 368 g/mol. The van der Waals surface area contributed by atoms with Crippen LogP contribution in [0.1, 0.15) is 19.5 Å². The van der Waals surface area contributed by atoms with Gasteiger partial charge in [-0.25, -0.2) is 0 Å². The molecule has 0 fully saturated rings. The number of fused-ring (bicyclic) bond motifs is 1. The van der Waals surface area contributed by atoms with Gasteiger partial charge in [0.1, 0.15) is 29.3 Å². The molecule has 0 aliphatic rings. The lowest BCUT2D eigenvalue weighted by Crippen LogP contribution is -2.14. The Kier molecular flexibility index (Phi) is 5.52. The second-order valence-electron chi connectivity index (χ2n) is 6.21. The molecule has 0 amide bonds. The molecule has 5 nitrogen and oxygen atoms in total. The number of aliphatic hydroxyl groups is 1. The summed E-state index contributed by atoms with van der Waals surface area (Å²) in [5, 5.41) is 21.4. The summed E-state index contributed by atoms with van der Waals surface area (Å²) in [5.41, 5.74) is 1.12. The Morgan fingerprint density at radius 3 is 2.73 bits per heavy atom. The molecule has 6 heteroatoms. The van der Waals surface area contributed by atoms with Gasteiger partial charge in [0.25, 0.3) is 0 Å². The molecule has 134 valence electrons. The molecule has 3 aromatic rings. The van der Waals surface area contributed by atoms with Crippen molar-refractivity contribution in [3.63, 3.8) is 0 Å². The van der Waals surface area contributed by atoms with Crippen molar-refractivity contribution in [2.45, 2.75) is 19.4 Å². The van der Waals surface area contributed by atoms with Crippen LogP contribution in [0.25, 0.3) is 21.3 Å². The fourth-order valence-corrected chi connectivity index (χ4v) is 3.28. The maximum atomic E-state index is 9.83. The van der Waals surface area contributed by atoms with Crippen molar-refractivity contribution in [3.8, 4) is 28.8 Å². The minimum atomic E-state index is -1.08. The first-order chi connectivity index (χ1) is 12.5. The summed E-state index contributed by atoms with van der Waals surface area (Å²) in [6, 6.07) is 9.72. The van der Waals surface area contributed by atoms with Gasteiger partial charge >= 0.3 is 0 Å². The predicted molar refractivity (Wildman–Crippen MR) is 103 cm³/mol. The van der Waals surface area contributed by atoms with Crippen LogP contribution in [0, 0.1) is 11.8 Å². The van der Waals surface area contributed by atoms with Crippen LogP contribution in [0.3, 0.4) is 0 Å². The molecule has 0 aliphatic heterocycles. The molecule has 0 saturated carbocycles. The first kappa shape index (κ1) is 18.3. The Hall–Kier alpha value is -2.46. The van der Waals surface area contributed by atoms with E-state index in [4.69, 9.17) is 9.47 Å². The lowest BCUT2D eigenvalue weighted by Gasteiger charge is -2.11. The van der Waals surface area contributed by atoms with E-state index in [9.17, 15) is 5.11 Å². The Balaban J connectivity index is 2.05. The lowest BCUT2D eigenvalue weighted by molar-refractivity contribution is 0.143. The molecule has 0 spiro atoms. The Morgan fingerprint density at radius 1 is 1.15 bits per heavy atom. The highest BCUT2D eigenvalue weighted by Crippen LogP contribution is 2.36. The molecule has 2 heterocycles. The topological polar surface area (TPSA) is 64.5 Å². The summed E-state index contributed by atoms with van der Waals surface area (Å²) < 4.78 is 11.9. The molecular formula is C20H20N2O3S. The summed E-state index contributed by atoms with van der Waals surface area (Å²) in [6.45, 7) is 4.25. The van der Waals surface area contributed by atoms with Crippen molar-refractivity contribution in [2.75, 3.05) is 20.3 Å². The highest BCUT2D eigenvalue weighted by molar-refractivity contribution is 7.17. The summed E-state index contributed by atoms with van der Waals surface area (Å²) in [4.78, 5) is 0. The minimum absolute atomic E-state index is 0.462. The molecule has 0 bridgehead atoms. The highest BCUT2D eigenvalue weighted by Gasteiger charge is 2.15. The molecule has 3 rings (SSSR count). The fraction of sp³-hybridized carbons (Fsp3) is 0.300. The zero-order chi connectivity index (χ0) is 18.6. The van der Waals surface area contributed by atoms with Crippen LogP contribution < -0.4 is 4.74 Å². The van der Waals surface area contributed by atoms with Crippen LogP contribution in [0.4, 0.5) is 0 Å². The second-order valence-corrected chi connectivity index (χ2v) is 7.12. The van der Waals surface area contributed by atoms with Crippen molar-refractivity contribution in [1.82, 2.24) is 10.2 Å². The van der Waals surface area contributed by atoms with Gasteiger partial charge in [-0.3, -0.25) is 0 Å². The number of thiophene rings is 1. The number of hydrogen-bond acceptors (Lipinski definition) is 6. The average Bonchev–Trinajstić information content (AvgIpc) is 3.10. The Bertz CT molecular complexity index is 964. The van der Waals surface area contributed by atoms with Gasteiger partial charge in [-0.05, 0) is 43.3 Å². The number of methoxy groups -OCH3 is 1. The van der Waals surface area contributed by atoms with Gasteiger partial charge in [-0.1, -0.05) is 18.1 Å². The van der Waals surface area contributed by atoms with Gasteiger partial charge in [-0.2, -0.15) is 0 Å². The van der Waals surface area contributed by atoms with Crippen LogP contribution in [0.5, 0.6) is 5.75 Å². The van der Waals surface area contributed by atoms with Crippen molar-refractivity contribution in [2.24, 2.45) is 0 Å². The molecule has 0 radical (unpaired) electrons. The van der Waals surface area contributed by atoms with E-state index in [0.29, 0.717) is 18.9 Å². The van der Waals surface area contributed by atoms with Crippen LogP contribution in [0.15, 0.2) is 35.7 Å². The van der Waals surface area contributed by atoms with Crippen molar-refractivity contribution >= 4 is 21.4 Å². The quantitative estimate of drug-likeness (QED) is 0.551. The summed E-state index contributed by atoms with van der Waals surface area (Å²) in [5.74, 6) is 6.47. The van der Waals surface area contributed by atoms with E-state index < -0.39 is 5.60 Å². The number of aromatic nitrogens is 2. The van der Waals surface area contributed by atoms with Crippen LogP contribution in [0.2, 0.25) is 0 Å². The largest absolute Gasteiger partial charge is 0.490 e. The maximum absolute atomic E-state index is 9.83. The minimum Gasteiger partial charge on any atom is -0.490 e. The molecule has 1 N–H and O–H groups in total. The normalized spacial score (nSPS) is 11.2. The van der Waals surface area contributed by atoms with E-state index in [1.54, 1.807) is 32.3 Å². The van der Waals surface area contributed by atoms with Crippen LogP contribution >= 0.6 is 11.3 Å². The third kappa shape index (κ3) is 4.20. The SMILES string of the molecule is COCCOc1ccccc1-c1nnc(C#CC(C)(C)O)c2ccsc12. The van der Waals surface area contributed by atoms with Gasteiger partial charge in [0.15, 0.2) is 0 Å². The van der Waals surface area contributed by atoms with Gasteiger partial charge in [0.05, 0.1) is 11.3 Å². The smallest absolute Gasteiger partial charge is 0.144 e. The lowest BCUT2D eigenvalue weighted by atomic mass is 10.1. The number of rotatable bonds is 5. The van der Waals surface area contributed by atoms with E-state index >= 15 is 0 Å². The molecule has 26 heavy (non-hydrogen) atoms. The maximum Gasteiger partial charge on any atom is 0.144 e. The third-order valence-corrected chi connectivity index (χ3v) is 4.48. The summed E-state index contributed by atoms with van der Waals surface area (Å²) in [7, 11) is 1.64. The number of ether oxygens (including phenoxy) is 2. The zero-order valence-electron chi connectivity index (χ0n) is 14.9. The molecule has 0 unspecified atom stereocenters. The summed E-state index contributed by atoms with van der Waals surface area (Å²) in [6.07, 6.45) is 0. The van der Waals surface area contributed by atoms with Crippen LogP contribution in [-0.2, 0) is 4.74 Å². The molecular weight excluding hydrogens is 348 g/mol. The first-order valence-electron chi connectivity index (χ1n) is 8.20. The van der Waals surface area contributed by atoms with Crippen molar-refractivity contribution in [1.29, 1.82) is 0 Å². The Labute approximate surface area is 156 Å². The van der Waals surface area contributed by atoms with Gasteiger partial charge in [0.2, 0.25) is 0 Å². The number of benzene rings is 1. The van der Waals surface area contributed by atoms with E-state index in [1.165, 1.54) is 0 Å². The van der Waals surface area contributed by atoms with Crippen molar-refractivity contribution < 1.29 is 14.6 Å². The van der Waals surface area contributed by atoms with Gasteiger partial charge in [-0.15, -0.1) is 21.5 Å². The highest BCUT2D eigenvalue weighted by atomic mass is 32.1. The van der Waals surface area contributed by atoms with E-state index in [-0.39, 0.29) is 0 Å². The molecule has 1 aromatic carbocycles. The predicted octanol–water partition coefficient (Wildman–Crippen LogP) is 3.51. The summed E-state index contributed by atoms with van der Waals surface area (Å²) >= 11 is 1.58. The number of para-hydroxylation sites is 1. The van der Waals surface area contributed by atoms with Gasteiger partial charge in [0, 0.05) is 18.1 Å². The van der Waals surface area contributed by atoms with Crippen molar-refractivity contribution in [3.05, 3.63) is 41.4 Å². The van der Waals surface area contributed by atoms with E-state index in [1.807, 2.05) is 35.7 Å². The number of nitrogens with zero attached hydrogens (tertiary/aromatic N) is 2.